The van der Waals surface area contributed by atoms with Crippen molar-refractivity contribution in [2.75, 3.05) is 0 Å². The summed E-state index contributed by atoms with van der Waals surface area (Å²) >= 11 is 0. The van der Waals surface area contributed by atoms with E-state index in [0.29, 0.717) is 0 Å². The first-order chi connectivity index (χ1) is 8.60. The van der Waals surface area contributed by atoms with Crippen molar-refractivity contribution in [3.05, 3.63) is 35.6 Å². The number of aryl methyl sites for hydroxylation is 1. The number of rotatable bonds is 5. The SMILES string of the molecule is CC(C)(CCc1ccc(F)cc1)N[S@](=O)C(C)(C)C. The molecule has 0 spiro atoms. The molecule has 4 heteroatoms. The van der Waals surface area contributed by atoms with Crippen molar-refractivity contribution in [2.45, 2.75) is 57.7 Å². The lowest BCUT2D eigenvalue weighted by Gasteiger charge is -2.30. The van der Waals surface area contributed by atoms with E-state index in [0.717, 1.165) is 18.4 Å². The van der Waals surface area contributed by atoms with Gasteiger partial charge >= 0.3 is 0 Å². The maximum Gasteiger partial charge on any atom is 0.123 e. The Morgan fingerprint density at radius 3 is 2.11 bits per heavy atom. The minimum Gasteiger partial charge on any atom is -0.242 e. The Balaban J connectivity index is 2.55. The summed E-state index contributed by atoms with van der Waals surface area (Å²) < 4.78 is 27.8. The Morgan fingerprint density at radius 2 is 1.63 bits per heavy atom. The molecule has 0 saturated heterocycles. The lowest BCUT2D eigenvalue weighted by atomic mass is 9.96. The van der Waals surface area contributed by atoms with Crippen LogP contribution in [-0.2, 0) is 17.4 Å². The second kappa shape index (κ2) is 6.14. The molecule has 0 amide bonds. The first-order valence-corrected chi connectivity index (χ1v) is 7.69. The van der Waals surface area contributed by atoms with Gasteiger partial charge in [0.05, 0.1) is 15.7 Å². The summed E-state index contributed by atoms with van der Waals surface area (Å²) in [4.78, 5) is 0. The molecule has 0 saturated carbocycles. The van der Waals surface area contributed by atoms with Crippen LogP contribution in [0.4, 0.5) is 4.39 Å². The van der Waals surface area contributed by atoms with Crippen molar-refractivity contribution in [2.24, 2.45) is 0 Å². The summed E-state index contributed by atoms with van der Waals surface area (Å²) in [7, 11) is -1.08. The predicted molar refractivity (Wildman–Crippen MR) is 79.8 cm³/mol. The van der Waals surface area contributed by atoms with Crippen molar-refractivity contribution < 1.29 is 8.60 Å². The zero-order valence-electron chi connectivity index (χ0n) is 12.4. The second-order valence-electron chi connectivity index (χ2n) is 6.49. The van der Waals surface area contributed by atoms with Crippen LogP contribution in [0.5, 0.6) is 0 Å². The largest absolute Gasteiger partial charge is 0.242 e. The van der Waals surface area contributed by atoms with Crippen LogP contribution in [0.2, 0.25) is 0 Å². The third kappa shape index (κ3) is 5.83. The van der Waals surface area contributed by atoms with Crippen molar-refractivity contribution in [1.82, 2.24) is 4.72 Å². The van der Waals surface area contributed by atoms with Crippen LogP contribution in [0.3, 0.4) is 0 Å². The fourth-order valence-electron chi connectivity index (χ4n) is 1.56. The standard InChI is InChI=1S/C15H24FNOS/c1-14(2,3)19(18)17-15(4,5)11-10-12-6-8-13(16)9-7-12/h6-9,17H,10-11H2,1-5H3/t19-/m1/s1. The molecule has 0 bridgehead atoms. The van der Waals surface area contributed by atoms with Gasteiger partial charge in [0.15, 0.2) is 0 Å². The molecule has 0 heterocycles. The average molecular weight is 285 g/mol. The molecule has 0 aromatic heterocycles. The lowest BCUT2D eigenvalue weighted by Crippen LogP contribution is -2.46. The Bertz CT molecular complexity index is 434. The number of hydrogen-bond acceptors (Lipinski definition) is 1. The molecule has 0 unspecified atom stereocenters. The van der Waals surface area contributed by atoms with E-state index in [1.54, 1.807) is 12.1 Å². The molecule has 1 rings (SSSR count). The Kier molecular flexibility index (Phi) is 5.27. The van der Waals surface area contributed by atoms with Gasteiger partial charge in [0.1, 0.15) is 5.82 Å². The Labute approximate surface area is 118 Å². The number of halogens is 1. The molecule has 1 N–H and O–H groups in total. The van der Waals surface area contributed by atoms with Gasteiger partial charge in [-0.15, -0.1) is 0 Å². The number of nitrogens with one attached hydrogen (secondary N) is 1. The molecule has 0 aliphatic carbocycles. The van der Waals surface area contributed by atoms with Gasteiger partial charge in [0.25, 0.3) is 0 Å². The van der Waals surface area contributed by atoms with Gasteiger partial charge < -0.3 is 0 Å². The first kappa shape index (κ1) is 16.3. The highest BCUT2D eigenvalue weighted by atomic mass is 32.2. The molecule has 0 fully saturated rings. The van der Waals surface area contributed by atoms with E-state index in [2.05, 4.69) is 4.72 Å². The summed E-state index contributed by atoms with van der Waals surface area (Å²) in [6.45, 7) is 9.94. The fourth-order valence-corrected chi connectivity index (χ4v) is 2.47. The fraction of sp³-hybridized carbons (Fsp3) is 0.600. The first-order valence-electron chi connectivity index (χ1n) is 6.54. The molecular formula is C15H24FNOS. The summed E-state index contributed by atoms with van der Waals surface area (Å²) in [6, 6.07) is 6.55. The van der Waals surface area contributed by atoms with Crippen LogP contribution in [0.1, 0.15) is 46.6 Å². The highest BCUT2D eigenvalue weighted by molar-refractivity contribution is 7.84. The molecule has 0 radical (unpaired) electrons. The van der Waals surface area contributed by atoms with Crippen LogP contribution >= 0.6 is 0 Å². The minimum atomic E-state index is -1.08. The van der Waals surface area contributed by atoms with E-state index < -0.39 is 11.0 Å². The summed E-state index contributed by atoms with van der Waals surface area (Å²) in [6.07, 6.45) is 1.68. The molecule has 0 aliphatic heterocycles. The van der Waals surface area contributed by atoms with Crippen LogP contribution in [0, 0.1) is 5.82 Å². The highest BCUT2D eigenvalue weighted by Gasteiger charge is 2.26. The topological polar surface area (TPSA) is 29.1 Å². The van der Waals surface area contributed by atoms with Gasteiger partial charge in [0.2, 0.25) is 0 Å². The molecule has 1 aromatic carbocycles. The van der Waals surface area contributed by atoms with Crippen LogP contribution < -0.4 is 4.72 Å². The van der Waals surface area contributed by atoms with Crippen LogP contribution in [-0.4, -0.2) is 14.5 Å². The Morgan fingerprint density at radius 1 is 1.11 bits per heavy atom. The second-order valence-corrected chi connectivity index (χ2v) is 8.46. The minimum absolute atomic E-state index is 0.213. The third-order valence-corrected chi connectivity index (χ3v) is 4.73. The van der Waals surface area contributed by atoms with Crippen LogP contribution in [0.15, 0.2) is 24.3 Å². The number of hydrogen-bond donors (Lipinski definition) is 1. The molecule has 2 nitrogen and oxygen atoms in total. The van der Waals surface area contributed by atoms with E-state index in [4.69, 9.17) is 0 Å². The monoisotopic (exact) mass is 285 g/mol. The maximum absolute atomic E-state index is 12.8. The van der Waals surface area contributed by atoms with E-state index in [1.165, 1.54) is 12.1 Å². The van der Waals surface area contributed by atoms with Gasteiger partial charge in [0, 0.05) is 5.54 Å². The van der Waals surface area contributed by atoms with Gasteiger partial charge in [-0.3, -0.25) is 0 Å². The van der Waals surface area contributed by atoms with E-state index >= 15 is 0 Å². The quantitative estimate of drug-likeness (QED) is 0.880. The van der Waals surface area contributed by atoms with Gasteiger partial charge in [-0.2, -0.15) is 0 Å². The van der Waals surface area contributed by atoms with Crippen molar-refractivity contribution in [3.63, 3.8) is 0 Å². The normalized spacial score (nSPS) is 14.4. The van der Waals surface area contributed by atoms with E-state index in [-0.39, 0.29) is 16.1 Å². The predicted octanol–water partition coefficient (Wildman–Crippen LogP) is 3.59. The zero-order chi connectivity index (χ0) is 14.7. The van der Waals surface area contributed by atoms with Crippen molar-refractivity contribution in [3.8, 4) is 0 Å². The highest BCUT2D eigenvalue weighted by Crippen LogP contribution is 2.18. The Hall–Kier alpha value is -0.740. The van der Waals surface area contributed by atoms with Gasteiger partial charge in [-0.05, 0) is 65.2 Å². The molecule has 1 atom stereocenters. The van der Waals surface area contributed by atoms with Crippen LogP contribution in [0.25, 0.3) is 0 Å². The molecule has 1 aromatic rings. The third-order valence-electron chi connectivity index (χ3n) is 2.88. The summed E-state index contributed by atoms with van der Waals surface area (Å²) in [5, 5.41) is 0. The summed E-state index contributed by atoms with van der Waals surface area (Å²) in [5.41, 5.74) is 0.879. The number of benzene rings is 1. The smallest absolute Gasteiger partial charge is 0.123 e. The molecule has 108 valence electrons. The zero-order valence-corrected chi connectivity index (χ0v) is 13.2. The van der Waals surface area contributed by atoms with E-state index in [9.17, 15) is 8.60 Å². The van der Waals surface area contributed by atoms with Gasteiger partial charge in [-0.1, -0.05) is 12.1 Å². The summed E-state index contributed by atoms with van der Waals surface area (Å²) in [5.74, 6) is -0.213. The molecule has 0 aliphatic rings. The van der Waals surface area contributed by atoms with E-state index in [1.807, 2.05) is 34.6 Å². The lowest BCUT2D eigenvalue weighted by molar-refractivity contribution is 0.430. The average Bonchev–Trinajstić information content (AvgIpc) is 2.26. The molecular weight excluding hydrogens is 261 g/mol. The maximum atomic E-state index is 12.8. The van der Waals surface area contributed by atoms with Crippen molar-refractivity contribution >= 4 is 11.0 Å². The molecule has 19 heavy (non-hydrogen) atoms. The van der Waals surface area contributed by atoms with Crippen molar-refractivity contribution in [1.29, 1.82) is 0 Å². The van der Waals surface area contributed by atoms with Gasteiger partial charge in [-0.25, -0.2) is 13.3 Å².